The van der Waals surface area contributed by atoms with E-state index in [0.29, 0.717) is 17.7 Å². The van der Waals surface area contributed by atoms with E-state index in [2.05, 4.69) is 15.0 Å². The molecule has 0 spiro atoms. The normalized spacial score (nSPS) is 9.95. The first kappa shape index (κ1) is 14.4. The number of methoxy groups -OCH3 is 1. The molecule has 0 radical (unpaired) electrons. The number of amides is 1. The van der Waals surface area contributed by atoms with Gasteiger partial charge in [0, 0.05) is 24.7 Å². The summed E-state index contributed by atoms with van der Waals surface area (Å²) in [4.78, 5) is 34.5. The lowest BCUT2D eigenvalue weighted by atomic mass is 10.2. The van der Waals surface area contributed by atoms with Crippen molar-refractivity contribution in [3.8, 4) is 5.88 Å². The highest BCUT2D eigenvalue weighted by molar-refractivity contribution is 5.83. The Morgan fingerprint density at radius 3 is 2.48 bits per heavy atom. The van der Waals surface area contributed by atoms with Crippen LogP contribution in [0.15, 0.2) is 30.7 Å². The molecule has 0 aromatic carbocycles. The van der Waals surface area contributed by atoms with Crippen LogP contribution in [-0.2, 0) is 6.54 Å². The van der Waals surface area contributed by atoms with E-state index in [1.54, 1.807) is 12.1 Å². The molecule has 0 aliphatic carbocycles. The molecule has 0 aliphatic rings. The van der Waals surface area contributed by atoms with E-state index in [4.69, 9.17) is 4.74 Å². The van der Waals surface area contributed by atoms with Crippen molar-refractivity contribution in [3.63, 3.8) is 0 Å². The number of carboxylic acid groups (broad SMARTS) is 1. The van der Waals surface area contributed by atoms with Crippen molar-refractivity contribution in [3.05, 3.63) is 41.9 Å². The summed E-state index contributed by atoms with van der Waals surface area (Å²) in [7, 11) is 1.49. The third-order valence-corrected chi connectivity index (χ3v) is 2.61. The number of rotatable bonds is 5. The molecule has 0 fully saturated rings. The van der Waals surface area contributed by atoms with Crippen LogP contribution in [0, 0.1) is 0 Å². The van der Waals surface area contributed by atoms with Crippen molar-refractivity contribution < 1.29 is 19.4 Å². The van der Waals surface area contributed by atoms with Gasteiger partial charge in [-0.15, -0.1) is 0 Å². The van der Waals surface area contributed by atoms with Crippen LogP contribution in [-0.4, -0.2) is 39.5 Å². The van der Waals surface area contributed by atoms with Gasteiger partial charge in [0.05, 0.1) is 19.2 Å². The van der Waals surface area contributed by atoms with Crippen molar-refractivity contribution in [2.75, 3.05) is 12.0 Å². The molecule has 0 saturated heterocycles. The predicted octanol–water partition coefficient (Wildman–Crippen LogP) is 1.38. The second-order valence-electron chi connectivity index (χ2n) is 4.01. The van der Waals surface area contributed by atoms with Crippen molar-refractivity contribution in [1.29, 1.82) is 0 Å². The summed E-state index contributed by atoms with van der Waals surface area (Å²) in [6, 6.07) is 3.33. The molecule has 0 saturated carbocycles. The molecular formula is C13H12N4O4. The average Bonchev–Trinajstić information content (AvgIpc) is 2.53. The molecule has 2 rings (SSSR count). The molecule has 2 aromatic rings. The maximum Gasteiger partial charge on any atom is 0.414 e. The first-order valence-corrected chi connectivity index (χ1v) is 5.90. The molecule has 0 atom stereocenters. The number of pyridine rings is 1. The van der Waals surface area contributed by atoms with E-state index in [1.165, 1.54) is 25.7 Å². The van der Waals surface area contributed by atoms with E-state index in [0.717, 1.165) is 4.90 Å². The van der Waals surface area contributed by atoms with Crippen LogP contribution in [0.4, 0.5) is 10.7 Å². The summed E-state index contributed by atoms with van der Waals surface area (Å²) < 4.78 is 4.93. The fraction of sp³-hybridized carbons (Fsp3) is 0.154. The Bertz CT molecular complexity index is 628. The number of carbonyl (C=O) groups is 2. The SMILES string of the molecule is COc1ccc(CN(C(=O)O)c2ncc(C=O)cn2)cn1. The number of nitrogens with zero attached hydrogens (tertiary/aromatic N) is 4. The monoisotopic (exact) mass is 288 g/mol. The van der Waals surface area contributed by atoms with Gasteiger partial charge in [-0.1, -0.05) is 6.07 Å². The van der Waals surface area contributed by atoms with E-state index in [-0.39, 0.29) is 18.1 Å². The molecule has 1 N–H and O–H groups in total. The Morgan fingerprint density at radius 2 is 2.00 bits per heavy atom. The van der Waals surface area contributed by atoms with Crippen molar-refractivity contribution in [1.82, 2.24) is 15.0 Å². The lowest BCUT2D eigenvalue weighted by Crippen LogP contribution is -2.30. The summed E-state index contributed by atoms with van der Waals surface area (Å²) in [6.07, 6.45) is 3.41. The topological polar surface area (TPSA) is 106 Å². The first-order chi connectivity index (χ1) is 10.1. The molecule has 21 heavy (non-hydrogen) atoms. The van der Waals surface area contributed by atoms with Crippen LogP contribution < -0.4 is 9.64 Å². The molecular weight excluding hydrogens is 276 g/mol. The van der Waals surface area contributed by atoms with Gasteiger partial charge in [-0.3, -0.25) is 4.79 Å². The van der Waals surface area contributed by atoms with Crippen molar-refractivity contribution in [2.45, 2.75) is 6.54 Å². The summed E-state index contributed by atoms with van der Waals surface area (Å²) in [5.41, 5.74) is 0.927. The molecule has 108 valence electrons. The quantitative estimate of drug-likeness (QED) is 0.828. The second-order valence-corrected chi connectivity index (χ2v) is 4.01. The predicted molar refractivity (Wildman–Crippen MR) is 72.4 cm³/mol. The maximum absolute atomic E-state index is 11.3. The Balaban J connectivity index is 2.21. The lowest BCUT2D eigenvalue weighted by Gasteiger charge is -2.16. The molecule has 0 bridgehead atoms. The maximum atomic E-state index is 11.3. The minimum absolute atomic E-state index is 0.0103. The molecule has 8 nitrogen and oxygen atoms in total. The van der Waals surface area contributed by atoms with Gasteiger partial charge in [-0.2, -0.15) is 0 Å². The minimum Gasteiger partial charge on any atom is -0.481 e. The van der Waals surface area contributed by atoms with Crippen LogP contribution in [0.25, 0.3) is 0 Å². The molecule has 2 aromatic heterocycles. The van der Waals surface area contributed by atoms with E-state index in [1.807, 2.05) is 0 Å². The average molecular weight is 288 g/mol. The van der Waals surface area contributed by atoms with Gasteiger partial charge in [0.15, 0.2) is 6.29 Å². The Morgan fingerprint density at radius 1 is 1.29 bits per heavy atom. The fourth-order valence-corrected chi connectivity index (χ4v) is 1.56. The highest BCUT2D eigenvalue weighted by Gasteiger charge is 2.18. The van der Waals surface area contributed by atoms with Crippen LogP contribution >= 0.6 is 0 Å². The van der Waals surface area contributed by atoms with E-state index in [9.17, 15) is 14.7 Å². The largest absolute Gasteiger partial charge is 0.481 e. The van der Waals surface area contributed by atoms with Gasteiger partial charge in [0.1, 0.15) is 0 Å². The van der Waals surface area contributed by atoms with E-state index >= 15 is 0 Å². The number of ether oxygens (including phenoxy) is 1. The number of hydrogen-bond donors (Lipinski definition) is 1. The smallest absolute Gasteiger partial charge is 0.414 e. The van der Waals surface area contributed by atoms with Crippen LogP contribution in [0.3, 0.4) is 0 Å². The highest BCUT2D eigenvalue weighted by atomic mass is 16.5. The zero-order valence-corrected chi connectivity index (χ0v) is 11.1. The molecule has 8 heteroatoms. The van der Waals surface area contributed by atoms with E-state index < -0.39 is 6.09 Å². The lowest BCUT2D eigenvalue weighted by molar-refractivity contribution is 0.112. The molecule has 0 unspecified atom stereocenters. The number of hydrogen-bond acceptors (Lipinski definition) is 6. The second kappa shape index (κ2) is 6.42. The highest BCUT2D eigenvalue weighted by Crippen LogP contribution is 2.14. The van der Waals surface area contributed by atoms with Gasteiger partial charge in [-0.05, 0) is 5.56 Å². The zero-order valence-electron chi connectivity index (χ0n) is 11.1. The minimum atomic E-state index is -1.20. The summed E-state index contributed by atoms with van der Waals surface area (Å²) >= 11 is 0. The van der Waals surface area contributed by atoms with Gasteiger partial charge in [0.2, 0.25) is 11.8 Å². The molecule has 1 amide bonds. The third-order valence-electron chi connectivity index (χ3n) is 2.61. The fourth-order valence-electron chi connectivity index (χ4n) is 1.56. The molecule has 0 aliphatic heterocycles. The van der Waals surface area contributed by atoms with Gasteiger partial charge >= 0.3 is 6.09 Å². The van der Waals surface area contributed by atoms with Gasteiger partial charge in [0.25, 0.3) is 0 Å². The van der Waals surface area contributed by atoms with Crippen LogP contribution in [0.2, 0.25) is 0 Å². The van der Waals surface area contributed by atoms with Gasteiger partial charge in [-0.25, -0.2) is 24.6 Å². The van der Waals surface area contributed by atoms with Crippen molar-refractivity contribution in [2.24, 2.45) is 0 Å². The first-order valence-electron chi connectivity index (χ1n) is 5.90. The number of carbonyl (C=O) groups excluding carboxylic acids is 1. The van der Waals surface area contributed by atoms with Gasteiger partial charge < -0.3 is 9.84 Å². The number of aromatic nitrogens is 3. The van der Waals surface area contributed by atoms with Crippen LogP contribution in [0.5, 0.6) is 5.88 Å². The number of anilines is 1. The third kappa shape index (κ3) is 3.50. The summed E-state index contributed by atoms with van der Waals surface area (Å²) in [5, 5.41) is 9.25. The zero-order chi connectivity index (χ0) is 15.2. The van der Waals surface area contributed by atoms with Crippen molar-refractivity contribution >= 4 is 18.3 Å². The summed E-state index contributed by atoms with van der Waals surface area (Å²) in [6.45, 7) is 0.0345. The Hall–Kier alpha value is -3.03. The van der Waals surface area contributed by atoms with Crippen LogP contribution in [0.1, 0.15) is 15.9 Å². The standard InChI is InChI=1S/C13H12N4O4/c1-21-11-3-2-9(4-14-11)7-17(13(19)20)12-15-5-10(8-18)6-16-12/h2-6,8H,7H2,1H3,(H,19,20). The number of aldehydes is 1. The Labute approximate surface area is 120 Å². The Kier molecular flexibility index (Phi) is 4.39. The molecule has 2 heterocycles. The summed E-state index contributed by atoms with van der Waals surface area (Å²) in [5.74, 6) is 0.427.